The zero-order valence-corrected chi connectivity index (χ0v) is 12.5. The number of hydrogen-bond acceptors (Lipinski definition) is 3. The minimum absolute atomic E-state index is 0.00312. The Balaban J connectivity index is 3.01. The first-order valence-corrected chi connectivity index (χ1v) is 6.54. The maximum absolute atomic E-state index is 12.7. The van der Waals surface area contributed by atoms with E-state index in [0.717, 1.165) is 19.5 Å². The second-order valence-corrected chi connectivity index (χ2v) is 6.38. The number of aliphatic imine (C=N–C) groups is 1. The van der Waals surface area contributed by atoms with E-state index in [1.165, 1.54) is 0 Å². The fraction of sp³-hybridized carbons (Fsp3) is 0.769. The first-order chi connectivity index (χ1) is 8.50. The normalized spacial score (nSPS) is 29.5. The first kappa shape index (κ1) is 16.6. The maximum atomic E-state index is 12.7. The highest BCUT2D eigenvalue weighted by Gasteiger charge is 2.41. The minimum atomic E-state index is -4.45. The Morgan fingerprint density at radius 2 is 1.95 bits per heavy atom. The number of nitrogens with zero attached hydrogens (tertiary/aromatic N) is 1. The Labute approximate surface area is 117 Å². The summed E-state index contributed by atoms with van der Waals surface area (Å²) in [6, 6.07) is 0. The SMILES string of the molecule is CN=C(/C=C(\C)[C@@]1(S)CC(C)(C)CCO1)C(F)(F)F. The molecule has 0 amide bonds. The van der Waals surface area contributed by atoms with Gasteiger partial charge in [-0.3, -0.25) is 4.99 Å². The molecule has 1 heterocycles. The molecule has 110 valence electrons. The van der Waals surface area contributed by atoms with Crippen molar-refractivity contribution >= 4 is 18.3 Å². The van der Waals surface area contributed by atoms with Gasteiger partial charge in [0.15, 0.2) is 0 Å². The predicted molar refractivity (Wildman–Crippen MR) is 73.9 cm³/mol. The van der Waals surface area contributed by atoms with Crippen molar-refractivity contribution in [1.29, 1.82) is 0 Å². The Morgan fingerprint density at radius 1 is 1.37 bits per heavy atom. The molecule has 0 aromatic heterocycles. The lowest BCUT2D eigenvalue weighted by Crippen LogP contribution is -2.40. The Morgan fingerprint density at radius 3 is 2.37 bits per heavy atom. The molecular weight excluding hydrogens is 275 g/mol. The van der Waals surface area contributed by atoms with Gasteiger partial charge in [0.05, 0.1) is 0 Å². The van der Waals surface area contributed by atoms with Crippen molar-refractivity contribution in [3.8, 4) is 0 Å². The van der Waals surface area contributed by atoms with Crippen LogP contribution in [0.1, 0.15) is 33.6 Å². The molecule has 0 bridgehead atoms. The highest BCUT2D eigenvalue weighted by Crippen LogP contribution is 2.44. The van der Waals surface area contributed by atoms with Gasteiger partial charge in [-0.05, 0) is 36.8 Å². The van der Waals surface area contributed by atoms with Crippen molar-refractivity contribution in [3.05, 3.63) is 11.6 Å². The number of rotatable bonds is 2. The maximum Gasteiger partial charge on any atom is 0.432 e. The number of thiol groups is 1. The predicted octanol–water partition coefficient (Wildman–Crippen LogP) is 4.03. The lowest BCUT2D eigenvalue weighted by Gasteiger charge is -2.42. The zero-order valence-electron chi connectivity index (χ0n) is 11.6. The average molecular weight is 295 g/mol. The fourth-order valence-electron chi connectivity index (χ4n) is 2.13. The first-order valence-electron chi connectivity index (χ1n) is 6.09. The van der Waals surface area contributed by atoms with Crippen molar-refractivity contribution in [1.82, 2.24) is 0 Å². The summed E-state index contributed by atoms with van der Waals surface area (Å²) in [5.41, 5.74) is -0.483. The van der Waals surface area contributed by atoms with E-state index in [0.29, 0.717) is 18.6 Å². The van der Waals surface area contributed by atoms with Crippen LogP contribution in [0.15, 0.2) is 16.6 Å². The number of allylic oxidation sites excluding steroid dienone is 1. The van der Waals surface area contributed by atoms with Crippen LogP contribution in [0.4, 0.5) is 13.2 Å². The van der Waals surface area contributed by atoms with Gasteiger partial charge in [0.1, 0.15) is 10.6 Å². The van der Waals surface area contributed by atoms with Gasteiger partial charge in [-0.2, -0.15) is 13.2 Å². The van der Waals surface area contributed by atoms with Gasteiger partial charge in [0, 0.05) is 13.7 Å². The van der Waals surface area contributed by atoms with Crippen LogP contribution in [-0.2, 0) is 4.74 Å². The highest BCUT2D eigenvalue weighted by molar-refractivity contribution is 7.81. The van der Waals surface area contributed by atoms with Crippen molar-refractivity contribution in [3.63, 3.8) is 0 Å². The molecule has 1 aliphatic rings. The summed E-state index contributed by atoms with van der Waals surface area (Å²) >= 11 is 4.45. The minimum Gasteiger partial charge on any atom is -0.361 e. The molecule has 0 unspecified atom stereocenters. The molecule has 1 saturated heterocycles. The molecule has 0 saturated carbocycles. The van der Waals surface area contributed by atoms with Crippen LogP contribution in [0, 0.1) is 5.41 Å². The van der Waals surface area contributed by atoms with Gasteiger partial charge in [0.2, 0.25) is 0 Å². The molecule has 0 spiro atoms. The molecule has 0 radical (unpaired) electrons. The van der Waals surface area contributed by atoms with E-state index < -0.39 is 16.8 Å². The van der Waals surface area contributed by atoms with E-state index in [9.17, 15) is 13.2 Å². The zero-order chi connectivity index (χ0) is 14.9. The number of halogens is 3. The molecule has 1 rings (SSSR count). The smallest absolute Gasteiger partial charge is 0.361 e. The van der Waals surface area contributed by atoms with Crippen molar-refractivity contribution in [2.75, 3.05) is 13.7 Å². The van der Waals surface area contributed by atoms with Crippen LogP contribution >= 0.6 is 12.6 Å². The van der Waals surface area contributed by atoms with Crippen LogP contribution in [-0.4, -0.2) is 30.5 Å². The second-order valence-electron chi connectivity index (χ2n) is 5.66. The van der Waals surface area contributed by atoms with Crippen LogP contribution in [0.25, 0.3) is 0 Å². The van der Waals surface area contributed by atoms with Gasteiger partial charge < -0.3 is 4.74 Å². The van der Waals surface area contributed by atoms with E-state index in [1.54, 1.807) is 6.92 Å². The van der Waals surface area contributed by atoms with Crippen LogP contribution in [0.2, 0.25) is 0 Å². The summed E-state index contributed by atoms with van der Waals surface area (Å²) < 4.78 is 43.6. The van der Waals surface area contributed by atoms with E-state index in [4.69, 9.17) is 4.74 Å². The number of alkyl halides is 3. The van der Waals surface area contributed by atoms with Gasteiger partial charge in [-0.1, -0.05) is 13.8 Å². The van der Waals surface area contributed by atoms with E-state index in [-0.39, 0.29) is 5.41 Å². The Hall–Kier alpha value is -0.490. The monoisotopic (exact) mass is 295 g/mol. The lowest BCUT2D eigenvalue weighted by molar-refractivity contribution is -0.0581. The summed E-state index contributed by atoms with van der Waals surface area (Å²) in [6.45, 7) is 6.22. The molecule has 19 heavy (non-hydrogen) atoms. The van der Waals surface area contributed by atoms with E-state index in [2.05, 4.69) is 31.5 Å². The Kier molecular flexibility index (Phi) is 4.78. The summed E-state index contributed by atoms with van der Waals surface area (Å²) in [7, 11) is 1.13. The van der Waals surface area contributed by atoms with Crippen LogP contribution < -0.4 is 0 Å². The molecule has 2 nitrogen and oxygen atoms in total. The molecular formula is C13H20F3NOS. The Bertz CT molecular complexity index is 401. The quantitative estimate of drug-likeness (QED) is 0.603. The molecule has 1 aliphatic heterocycles. The molecule has 0 aliphatic carbocycles. The molecule has 0 N–H and O–H groups in total. The van der Waals surface area contributed by atoms with Crippen molar-refractivity contribution in [2.24, 2.45) is 10.4 Å². The summed E-state index contributed by atoms with van der Waals surface area (Å²) in [4.78, 5) is 2.33. The average Bonchev–Trinajstić information content (AvgIpc) is 2.21. The van der Waals surface area contributed by atoms with Crippen molar-refractivity contribution in [2.45, 2.75) is 44.7 Å². The molecule has 0 aromatic rings. The van der Waals surface area contributed by atoms with Gasteiger partial charge in [-0.25, -0.2) is 0 Å². The van der Waals surface area contributed by atoms with Crippen LogP contribution in [0.3, 0.4) is 0 Å². The molecule has 1 fully saturated rings. The number of ether oxygens (including phenoxy) is 1. The molecule has 6 heteroatoms. The molecule has 0 aromatic carbocycles. The van der Waals surface area contributed by atoms with Gasteiger partial charge >= 0.3 is 6.18 Å². The third kappa shape index (κ3) is 4.24. The van der Waals surface area contributed by atoms with Crippen LogP contribution in [0.5, 0.6) is 0 Å². The lowest BCUT2D eigenvalue weighted by atomic mass is 9.79. The van der Waals surface area contributed by atoms with Crippen molar-refractivity contribution < 1.29 is 17.9 Å². The van der Waals surface area contributed by atoms with E-state index >= 15 is 0 Å². The fourth-order valence-corrected chi connectivity index (χ4v) is 2.71. The summed E-state index contributed by atoms with van der Waals surface area (Å²) in [5, 5.41) is 0. The molecule has 1 atom stereocenters. The van der Waals surface area contributed by atoms with Gasteiger partial charge in [0.25, 0.3) is 0 Å². The second kappa shape index (κ2) is 5.48. The summed E-state index contributed by atoms with van der Waals surface area (Å²) in [5.74, 6) is 0. The topological polar surface area (TPSA) is 21.6 Å². The van der Waals surface area contributed by atoms with Gasteiger partial charge in [-0.15, -0.1) is 12.6 Å². The number of hydrogen-bond donors (Lipinski definition) is 1. The highest BCUT2D eigenvalue weighted by atomic mass is 32.1. The third-order valence-electron chi connectivity index (χ3n) is 3.34. The standard InChI is InChI=1S/C13H20F3NOS/c1-9(7-10(17-4)13(14,15)16)12(19)8-11(2,3)5-6-18-12/h7,19H,5-6,8H2,1-4H3/b9-7+,17-10?/t12-/m0/s1. The van der Waals surface area contributed by atoms with E-state index in [1.807, 2.05) is 0 Å². The summed E-state index contributed by atoms with van der Waals surface area (Å²) in [6.07, 6.45) is -1.99. The third-order valence-corrected chi connectivity index (χ3v) is 3.98. The largest absolute Gasteiger partial charge is 0.432 e.